The summed E-state index contributed by atoms with van der Waals surface area (Å²) >= 11 is 6.05. The topological polar surface area (TPSA) is 47.6 Å². The van der Waals surface area contributed by atoms with Crippen LogP contribution in [-0.2, 0) is 10.2 Å². The molecule has 0 aliphatic heterocycles. The Morgan fingerprint density at radius 2 is 1.85 bits per heavy atom. The lowest BCUT2D eigenvalue weighted by atomic mass is 9.86. The van der Waals surface area contributed by atoms with Crippen LogP contribution in [0.2, 0.25) is 5.02 Å². The number of nitrogens with one attached hydrogen (secondary N) is 1. The quantitative estimate of drug-likeness (QED) is 0.724. The third-order valence-electron chi connectivity index (χ3n) is 3.89. The van der Waals surface area contributed by atoms with Gasteiger partial charge in [0.15, 0.2) is 6.61 Å². The molecule has 0 fully saturated rings. The highest BCUT2D eigenvalue weighted by molar-refractivity contribution is 6.31. The average Bonchev–Trinajstić information content (AvgIpc) is 2.59. The van der Waals surface area contributed by atoms with Gasteiger partial charge >= 0.3 is 0 Å². The zero-order valence-corrected chi connectivity index (χ0v) is 16.5. The minimum atomic E-state index is -0.181. The first-order valence-corrected chi connectivity index (χ1v) is 9.03. The molecule has 0 atom stereocenters. The van der Waals surface area contributed by atoms with Crippen molar-refractivity contribution in [3.63, 3.8) is 0 Å². The van der Waals surface area contributed by atoms with Gasteiger partial charge in [0, 0.05) is 5.02 Å². The molecular formula is C21H26ClNO3. The standard InChI is InChI=1S/C21H26ClNO3/c1-15-9-10-16(13-18(15)22)25-12-11-23-20(24)14-26-19-8-6-5-7-17(19)21(2,3)4/h5-10,13H,11-12,14H2,1-4H3,(H,23,24). The number of hydrogen-bond donors (Lipinski definition) is 1. The number of hydrogen-bond acceptors (Lipinski definition) is 3. The smallest absolute Gasteiger partial charge is 0.258 e. The molecule has 0 bridgehead atoms. The summed E-state index contributed by atoms with van der Waals surface area (Å²) in [6, 6.07) is 13.3. The number of aryl methyl sites for hydroxylation is 1. The van der Waals surface area contributed by atoms with Gasteiger partial charge in [0.25, 0.3) is 5.91 Å². The fraction of sp³-hybridized carbons (Fsp3) is 0.381. The van der Waals surface area contributed by atoms with E-state index in [1.807, 2.05) is 43.3 Å². The molecule has 0 heterocycles. The van der Waals surface area contributed by atoms with E-state index in [1.165, 1.54) is 0 Å². The number of carbonyl (C=O) groups is 1. The summed E-state index contributed by atoms with van der Waals surface area (Å²) in [4.78, 5) is 12.0. The molecule has 0 aromatic heterocycles. The van der Waals surface area contributed by atoms with Gasteiger partial charge in [0.1, 0.15) is 18.1 Å². The Balaban J connectivity index is 1.75. The van der Waals surface area contributed by atoms with Gasteiger partial charge in [0.2, 0.25) is 0 Å². The van der Waals surface area contributed by atoms with Crippen LogP contribution in [-0.4, -0.2) is 25.7 Å². The molecule has 2 rings (SSSR count). The van der Waals surface area contributed by atoms with Crippen molar-refractivity contribution in [2.24, 2.45) is 0 Å². The highest BCUT2D eigenvalue weighted by Crippen LogP contribution is 2.30. The summed E-state index contributed by atoms with van der Waals surface area (Å²) in [5.41, 5.74) is 2.03. The lowest BCUT2D eigenvalue weighted by molar-refractivity contribution is -0.123. The number of rotatable bonds is 7. The first kappa shape index (κ1) is 20.1. The monoisotopic (exact) mass is 375 g/mol. The number of ether oxygens (including phenoxy) is 2. The van der Waals surface area contributed by atoms with E-state index in [1.54, 1.807) is 6.07 Å². The third-order valence-corrected chi connectivity index (χ3v) is 4.30. The van der Waals surface area contributed by atoms with E-state index in [0.29, 0.717) is 23.9 Å². The number of para-hydroxylation sites is 1. The molecule has 0 aliphatic rings. The van der Waals surface area contributed by atoms with Gasteiger partial charge in [-0.05, 0) is 41.7 Å². The van der Waals surface area contributed by atoms with Crippen molar-refractivity contribution >= 4 is 17.5 Å². The Bertz CT molecular complexity index is 753. The summed E-state index contributed by atoms with van der Waals surface area (Å²) in [6.45, 7) is 9.02. The van der Waals surface area contributed by atoms with Gasteiger partial charge in [0.05, 0.1) is 6.54 Å². The van der Waals surface area contributed by atoms with Crippen molar-refractivity contribution < 1.29 is 14.3 Å². The Morgan fingerprint density at radius 3 is 2.54 bits per heavy atom. The van der Waals surface area contributed by atoms with E-state index in [9.17, 15) is 4.79 Å². The SMILES string of the molecule is Cc1ccc(OCCNC(=O)COc2ccccc2C(C)(C)C)cc1Cl. The second-order valence-electron chi connectivity index (χ2n) is 7.14. The zero-order chi connectivity index (χ0) is 19.2. The normalized spacial score (nSPS) is 11.1. The van der Waals surface area contributed by atoms with Gasteiger partial charge < -0.3 is 14.8 Å². The second kappa shape index (κ2) is 8.95. The van der Waals surface area contributed by atoms with Crippen molar-refractivity contribution in [3.05, 3.63) is 58.6 Å². The van der Waals surface area contributed by atoms with Crippen LogP contribution in [0.25, 0.3) is 0 Å². The molecule has 0 saturated carbocycles. The van der Waals surface area contributed by atoms with E-state index >= 15 is 0 Å². The Kier molecular flexibility index (Phi) is 6.92. The molecular weight excluding hydrogens is 350 g/mol. The van der Waals surface area contributed by atoms with Crippen LogP contribution in [0.3, 0.4) is 0 Å². The summed E-state index contributed by atoms with van der Waals surface area (Å²) in [6.07, 6.45) is 0. The van der Waals surface area contributed by atoms with E-state index in [-0.39, 0.29) is 17.9 Å². The fourth-order valence-electron chi connectivity index (χ4n) is 2.43. The van der Waals surface area contributed by atoms with Gasteiger partial charge in [-0.1, -0.05) is 56.6 Å². The lowest BCUT2D eigenvalue weighted by Gasteiger charge is -2.22. The first-order chi connectivity index (χ1) is 12.3. The van der Waals surface area contributed by atoms with Gasteiger partial charge in [-0.25, -0.2) is 0 Å². The first-order valence-electron chi connectivity index (χ1n) is 8.65. The number of carbonyl (C=O) groups excluding carboxylic acids is 1. The Labute approximate surface area is 160 Å². The van der Waals surface area contributed by atoms with Gasteiger partial charge in [-0.2, -0.15) is 0 Å². The highest BCUT2D eigenvalue weighted by atomic mass is 35.5. The molecule has 0 unspecified atom stereocenters. The van der Waals surface area contributed by atoms with Crippen LogP contribution in [0.5, 0.6) is 11.5 Å². The van der Waals surface area contributed by atoms with Gasteiger partial charge in [-0.15, -0.1) is 0 Å². The molecule has 1 N–H and O–H groups in total. The summed E-state index contributed by atoms with van der Waals surface area (Å²) < 4.78 is 11.3. The van der Waals surface area contributed by atoms with Crippen LogP contribution in [0, 0.1) is 6.92 Å². The van der Waals surface area contributed by atoms with Crippen molar-refractivity contribution in [2.75, 3.05) is 19.8 Å². The molecule has 0 aliphatic carbocycles. The molecule has 0 saturated heterocycles. The van der Waals surface area contributed by atoms with Crippen LogP contribution in [0.1, 0.15) is 31.9 Å². The summed E-state index contributed by atoms with van der Waals surface area (Å²) in [7, 11) is 0. The maximum atomic E-state index is 12.0. The summed E-state index contributed by atoms with van der Waals surface area (Å²) in [5, 5.41) is 3.45. The highest BCUT2D eigenvalue weighted by Gasteiger charge is 2.18. The van der Waals surface area contributed by atoms with E-state index < -0.39 is 0 Å². The van der Waals surface area contributed by atoms with E-state index in [2.05, 4.69) is 26.1 Å². The maximum Gasteiger partial charge on any atom is 0.258 e. The largest absolute Gasteiger partial charge is 0.492 e. The van der Waals surface area contributed by atoms with E-state index in [0.717, 1.165) is 16.9 Å². The zero-order valence-electron chi connectivity index (χ0n) is 15.8. The summed E-state index contributed by atoms with van der Waals surface area (Å²) in [5.74, 6) is 1.24. The van der Waals surface area contributed by atoms with E-state index in [4.69, 9.17) is 21.1 Å². The van der Waals surface area contributed by atoms with Crippen LogP contribution in [0.15, 0.2) is 42.5 Å². The minimum absolute atomic E-state index is 0.0244. The van der Waals surface area contributed by atoms with Crippen molar-refractivity contribution in [3.8, 4) is 11.5 Å². The van der Waals surface area contributed by atoms with Crippen molar-refractivity contribution in [1.82, 2.24) is 5.32 Å². The van der Waals surface area contributed by atoms with Crippen LogP contribution < -0.4 is 14.8 Å². The predicted octanol–water partition coefficient (Wildman–Crippen LogP) is 4.52. The molecule has 4 nitrogen and oxygen atoms in total. The molecule has 1 amide bonds. The number of amides is 1. The minimum Gasteiger partial charge on any atom is -0.492 e. The van der Waals surface area contributed by atoms with Gasteiger partial charge in [-0.3, -0.25) is 4.79 Å². The number of benzene rings is 2. The molecule has 5 heteroatoms. The van der Waals surface area contributed by atoms with Crippen LogP contribution in [0.4, 0.5) is 0 Å². The molecule has 0 spiro atoms. The Hall–Kier alpha value is -2.20. The van der Waals surface area contributed by atoms with Crippen molar-refractivity contribution in [1.29, 1.82) is 0 Å². The Morgan fingerprint density at radius 1 is 1.12 bits per heavy atom. The van der Waals surface area contributed by atoms with Crippen molar-refractivity contribution in [2.45, 2.75) is 33.1 Å². The third kappa shape index (κ3) is 5.95. The molecule has 26 heavy (non-hydrogen) atoms. The molecule has 0 radical (unpaired) electrons. The molecule has 2 aromatic rings. The molecule has 140 valence electrons. The maximum absolute atomic E-state index is 12.0. The second-order valence-corrected chi connectivity index (χ2v) is 7.55. The predicted molar refractivity (Wildman–Crippen MR) is 105 cm³/mol. The lowest BCUT2D eigenvalue weighted by Crippen LogP contribution is -2.32. The van der Waals surface area contributed by atoms with Crippen LogP contribution >= 0.6 is 11.6 Å². The number of halogens is 1. The average molecular weight is 376 g/mol. The molecule has 2 aromatic carbocycles. The fourth-order valence-corrected chi connectivity index (χ4v) is 2.60.